The summed E-state index contributed by atoms with van der Waals surface area (Å²) < 4.78 is 27.6. The number of amides is 2. The van der Waals surface area contributed by atoms with Gasteiger partial charge in [-0.15, -0.1) is 0 Å². The molecule has 1 aliphatic heterocycles. The Bertz CT molecular complexity index is 808. The van der Waals surface area contributed by atoms with Crippen LogP contribution in [-0.2, 0) is 14.8 Å². The molecule has 0 saturated carbocycles. The van der Waals surface area contributed by atoms with Gasteiger partial charge in [0.25, 0.3) is 5.91 Å². The molecule has 1 fully saturated rings. The molecule has 2 N–H and O–H groups in total. The number of hydrogen-bond acceptors (Lipinski definition) is 4. The molecule has 0 aromatic heterocycles. The first kappa shape index (κ1) is 22.4. The number of nitrogens with one attached hydrogen (secondary N) is 2. The summed E-state index contributed by atoms with van der Waals surface area (Å²) in [5.74, 6) is -0.487. The standard InChI is InChI=1S/C20H31N3O4S/c1-4-11-21-19(24)10-12-22-20(25)18-14-17(9-8-15(18)2)28(26,27)23-13-6-5-7-16(23)3/h8-9,14,16H,4-7,10-13H2,1-3H3,(H,21,24)(H,22,25). The van der Waals surface area contributed by atoms with Crippen molar-refractivity contribution < 1.29 is 18.0 Å². The average molecular weight is 410 g/mol. The van der Waals surface area contributed by atoms with E-state index in [0.29, 0.717) is 24.2 Å². The van der Waals surface area contributed by atoms with Crippen LogP contribution in [0.4, 0.5) is 0 Å². The SMILES string of the molecule is CCCNC(=O)CCNC(=O)c1cc(S(=O)(=O)N2CCCCC2C)ccc1C. The third kappa shape index (κ3) is 5.54. The van der Waals surface area contributed by atoms with Crippen LogP contribution in [0.15, 0.2) is 23.1 Å². The second kappa shape index (κ2) is 10.0. The highest BCUT2D eigenvalue weighted by molar-refractivity contribution is 7.89. The molecule has 1 unspecified atom stereocenters. The lowest BCUT2D eigenvalue weighted by Crippen LogP contribution is -2.42. The number of piperidine rings is 1. The number of benzene rings is 1. The zero-order valence-electron chi connectivity index (χ0n) is 17.0. The maximum atomic E-state index is 13.0. The van der Waals surface area contributed by atoms with Crippen LogP contribution in [0.1, 0.15) is 61.9 Å². The molecule has 0 spiro atoms. The summed E-state index contributed by atoms with van der Waals surface area (Å²) in [6.07, 6.45) is 3.77. The molecule has 7 nitrogen and oxygen atoms in total. The molecule has 1 aliphatic rings. The van der Waals surface area contributed by atoms with Gasteiger partial charge in [-0.3, -0.25) is 9.59 Å². The van der Waals surface area contributed by atoms with Gasteiger partial charge in [0.05, 0.1) is 4.90 Å². The van der Waals surface area contributed by atoms with Crippen LogP contribution in [0, 0.1) is 6.92 Å². The molecule has 0 bridgehead atoms. The first-order valence-corrected chi connectivity index (χ1v) is 11.4. The topological polar surface area (TPSA) is 95.6 Å². The second-order valence-electron chi connectivity index (χ2n) is 7.29. The van der Waals surface area contributed by atoms with Gasteiger partial charge >= 0.3 is 0 Å². The van der Waals surface area contributed by atoms with E-state index >= 15 is 0 Å². The Kier molecular flexibility index (Phi) is 8.00. The van der Waals surface area contributed by atoms with E-state index in [0.717, 1.165) is 25.7 Å². The normalized spacial score (nSPS) is 17.9. The lowest BCUT2D eigenvalue weighted by molar-refractivity contribution is -0.120. The average Bonchev–Trinajstić information content (AvgIpc) is 2.66. The Morgan fingerprint density at radius 2 is 1.93 bits per heavy atom. The largest absolute Gasteiger partial charge is 0.356 e. The molecule has 0 radical (unpaired) electrons. The number of nitrogens with zero attached hydrogens (tertiary/aromatic N) is 1. The minimum Gasteiger partial charge on any atom is -0.356 e. The van der Waals surface area contributed by atoms with Gasteiger partial charge in [-0.2, -0.15) is 4.31 Å². The molecular formula is C20H31N3O4S. The van der Waals surface area contributed by atoms with E-state index in [1.807, 2.05) is 13.8 Å². The fourth-order valence-electron chi connectivity index (χ4n) is 3.31. The first-order valence-electron chi connectivity index (χ1n) is 9.94. The zero-order chi connectivity index (χ0) is 20.7. The Labute approximate surface area is 167 Å². The fraction of sp³-hybridized carbons (Fsp3) is 0.600. The van der Waals surface area contributed by atoms with Gasteiger partial charge in [0.1, 0.15) is 0 Å². The van der Waals surface area contributed by atoms with Crippen LogP contribution in [0.5, 0.6) is 0 Å². The Morgan fingerprint density at radius 1 is 1.18 bits per heavy atom. The van der Waals surface area contributed by atoms with Crippen molar-refractivity contribution in [3.63, 3.8) is 0 Å². The van der Waals surface area contributed by atoms with Gasteiger partial charge in [0.15, 0.2) is 0 Å². The summed E-state index contributed by atoms with van der Waals surface area (Å²) in [6, 6.07) is 4.61. The molecule has 2 rings (SSSR count). The Hall–Kier alpha value is -1.93. The van der Waals surface area contributed by atoms with Gasteiger partial charge in [-0.1, -0.05) is 19.4 Å². The van der Waals surface area contributed by atoms with Crippen molar-refractivity contribution >= 4 is 21.8 Å². The van der Waals surface area contributed by atoms with E-state index in [1.165, 1.54) is 10.4 Å². The van der Waals surface area contributed by atoms with E-state index in [4.69, 9.17) is 0 Å². The third-order valence-corrected chi connectivity index (χ3v) is 7.02. The van der Waals surface area contributed by atoms with E-state index in [9.17, 15) is 18.0 Å². The number of hydrogen-bond donors (Lipinski definition) is 2. The predicted molar refractivity (Wildman–Crippen MR) is 109 cm³/mol. The minimum absolute atomic E-state index is 0.0426. The fourth-order valence-corrected chi connectivity index (χ4v) is 5.03. The molecule has 1 aromatic carbocycles. The van der Waals surface area contributed by atoms with Gasteiger partial charge in [0.2, 0.25) is 15.9 Å². The molecule has 2 amide bonds. The van der Waals surface area contributed by atoms with Crippen molar-refractivity contribution in [1.82, 2.24) is 14.9 Å². The van der Waals surface area contributed by atoms with Gasteiger partial charge in [-0.05, 0) is 50.8 Å². The van der Waals surface area contributed by atoms with Crippen LogP contribution in [0.3, 0.4) is 0 Å². The van der Waals surface area contributed by atoms with Crippen molar-refractivity contribution in [3.05, 3.63) is 29.3 Å². The molecular weight excluding hydrogens is 378 g/mol. The maximum absolute atomic E-state index is 13.0. The Balaban J connectivity index is 2.10. The first-order chi connectivity index (χ1) is 13.3. The summed E-state index contributed by atoms with van der Waals surface area (Å²) in [4.78, 5) is 24.3. The number of rotatable bonds is 8. The summed E-state index contributed by atoms with van der Waals surface area (Å²) in [5, 5.41) is 5.46. The maximum Gasteiger partial charge on any atom is 0.251 e. The van der Waals surface area contributed by atoms with Crippen LogP contribution >= 0.6 is 0 Å². The van der Waals surface area contributed by atoms with Gasteiger partial charge in [-0.25, -0.2) is 8.42 Å². The highest BCUT2D eigenvalue weighted by Crippen LogP contribution is 2.26. The van der Waals surface area contributed by atoms with Crippen molar-refractivity contribution in [2.45, 2.75) is 63.8 Å². The number of carbonyl (C=O) groups excluding carboxylic acids is 2. The molecule has 156 valence electrons. The summed E-state index contributed by atoms with van der Waals surface area (Å²) in [5.41, 5.74) is 1.01. The van der Waals surface area contributed by atoms with Crippen molar-refractivity contribution in [2.75, 3.05) is 19.6 Å². The predicted octanol–water partition coefficient (Wildman–Crippen LogP) is 2.20. The molecule has 1 saturated heterocycles. The molecule has 0 aliphatic carbocycles. The number of sulfonamides is 1. The third-order valence-electron chi connectivity index (χ3n) is 5.01. The number of carbonyl (C=O) groups is 2. The van der Waals surface area contributed by atoms with E-state index in [-0.39, 0.29) is 35.7 Å². The highest BCUT2D eigenvalue weighted by Gasteiger charge is 2.31. The monoisotopic (exact) mass is 409 g/mol. The lowest BCUT2D eigenvalue weighted by atomic mass is 10.1. The zero-order valence-corrected chi connectivity index (χ0v) is 17.8. The van der Waals surface area contributed by atoms with Crippen molar-refractivity contribution in [3.8, 4) is 0 Å². The van der Waals surface area contributed by atoms with Gasteiger partial charge < -0.3 is 10.6 Å². The molecule has 1 heterocycles. The van der Waals surface area contributed by atoms with Crippen LogP contribution in [0.2, 0.25) is 0 Å². The highest BCUT2D eigenvalue weighted by atomic mass is 32.2. The minimum atomic E-state index is -3.64. The molecule has 1 atom stereocenters. The number of aryl methyl sites for hydroxylation is 1. The summed E-state index contributed by atoms with van der Waals surface area (Å²) >= 11 is 0. The second-order valence-corrected chi connectivity index (χ2v) is 9.18. The van der Waals surface area contributed by atoms with Crippen LogP contribution in [-0.4, -0.2) is 50.2 Å². The molecule has 1 aromatic rings. The van der Waals surface area contributed by atoms with E-state index in [2.05, 4.69) is 10.6 Å². The van der Waals surface area contributed by atoms with Crippen molar-refractivity contribution in [2.24, 2.45) is 0 Å². The Morgan fingerprint density at radius 3 is 2.61 bits per heavy atom. The van der Waals surface area contributed by atoms with E-state index < -0.39 is 10.0 Å². The van der Waals surface area contributed by atoms with Gasteiger partial charge in [0, 0.05) is 37.7 Å². The quantitative estimate of drug-likeness (QED) is 0.688. The summed E-state index contributed by atoms with van der Waals surface area (Å²) in [6.45, 7) is 6.97. The van der Waals surface area contributed by atoms with Crippen LogP contribution in [0.25, 0.3) is 0 Å². The van der Waals surface area contributed by atoms with Crippen LogP contribution < -0.4 is 10.6 Å². The molecule has 8 heteroatoms. The van der Waals surface area contributed by atoms with E-state index in [1.54, 1.807) is 19.1 Å². The molecule has 28 heavy (non-hydrogen) atoms. The van der Waals surface area contributed by atoms with Crippen molar-refractivity contribution in [1.29, 1.82) is 0 Å². The summed E-state index contributed by atoms with van der Waals surface area (Å²) in [7, 11) is -3.64. The lowest BCUT2D eigenvalue weighted by Gasteiger charge is -2.32. The smallest absolute Gasteiger partial charge is 0.251 e.